The molecular formula is C12H14N4O4. The Balaban J connectivity index is 2.22. The summed E-state index contributed by atoms with van der Waals surface area (Å²) in [4.78, 5) is 36.4. The minimum atomic E-state index is -0.574. The number of likely N-dealkylation sites (N-methyl/N-ethyl adjacent to an activating group) is 1. The zero-order chi connectivity index (χ0) is 14.9. The lowest BCUT2D eigenvalue weighted by molar-refractivity contribution is -0.384. The van der Waals surface area contributed by atoms with Gasteiger partial charge in [-0.05, 0) is 0 Å². The first-order valence-electron chi connectivity index (χ1n) is 5.93. The predicted molar refractivity (Wildman–Crippen MR) is 70.6 cm³/mol. The molecule has 106 valence electrons. The first-order chi connectivity index (χ1) is 9.40. The van der Waals surface area contributed by atoms with Crippen molar-refractivity contribution < 1.29 is 14.5 Å². The van der Waals surface area contributed by atoms with Crippen molar-refractivity contribution in [3.05, 3.63) is 33.9 Å². The molecule has 1 aliphatic heterocycles. The van der Waals surface area contributed by atoms with Crippen LogP contribution in [0.4, 0.5) is 11.4 Å². The van der Waals surface area contributed by atoms with Gasteiger partial charge < -0.3 is 15.5 Å². The van der Waals surface area contributed by atoms with Crippen LogP contribution in [-0.2, 0) is 16.1 Å². The highest BCUT2D eigenvalue weighted by Crippen LogP contribution is 2.26. The summed E-state index contributed by atoms with van der Waals surface area (Å²) in [5, 5.41) is 10.8. The summed E-state index contributed by atoms with van der Waals surface area (Å²) in [6, 6.07) is 4.42. The molecule has 2 amide bonds. The molecule has 0 spiro atoms. The molecule has 1 saturated heterocycles. The summed E-state index contributed by atoms with van der Waals surface area (Å²) in [6.07, 6.45) is 0. The Morgan fingerprint density at radius 3 is 2.65 bits per heavy atom. The minimum Gasteiger partial charge on any atom is -0.393 e. The van der Waals surface area contributed by atoms with Crippen molar-refractivity contribution in [3.63, 3.8) is 0 Å². The summed E-state index contributed by atoms with van der Waals surface area (Å²) in [5.74, 6) is -0.383. The molecule has 20 heavy (non-hydrogen) atoms. The number of carbonyl (C=O) groups excluding carboxylic acids is 2. The molecule has 0 aromatic heterocycles. The third-order valence-corrected chi connectivity index (χ3v) is 3.21. The summed E-state index contributed by atoms with van der Waals surface area (Å²) >= 11 is 0. The summed E-state index contributed by atoms with van der Waals surface area (Å²) in [6.45, 7) is 0.0526. The number of amides is 2. The Bertz CT molecular complexity index is 587. The monoisotopic (exact) mass is 278 g/mol. The Morgan fingerprint density at radius 2 is 2.00 bits per heavy atom. The second kappa shape index (κ2) is 5.16. The smallest absolute Gasteiger partial charge is 0.292 e. The van der Waals surface area contributed by atoms with Gasteiger partial charge in [0.1, 0.15) is 12.2 Å². The van der Waals surface area contributed by atoms with Gasteiger partial charge in [-0.2, -0.15) is 0 Å². The molecule has 0 bridgehead atoms. The molecule has 1 fully saturated rings. The Hall–Kier alpha value is -2.64. The Labute approximate surface area is 114 Å². The molecule has 8 nitrogen and oxygen atoms in total. The summed E-state index contributed by atoms with van der Waals surface area (Å²) < 4.78 is 0. The lowest BCUT2D eigenvalue weighted by Crippen LogP contribution is -2.51. The quantitative estimate of drug-likeness (QED) is 0.474. The molecule has 2 rings (SSSR count). The van der Waals surface area contributed by atoms with E-state index in [0.29, 0.717) is 5.56 Å². The molecule has 1 aliphatic rings. The van der Waals surface area contributed by atoms with Crippen LogP contribution in [0.15, 0.2) is 18.2 Å². The van der Waals surface area contributed by atoms with Gasteiger partial charge in [0.05, 0.1) is 11.5 Å². The maximum absolute atomic E-state index is 11.8. The van der Waals surface area contributed by atoms with E-state index in [-0.39, 0.29) is 42.8 Å². The molecule has 1 aromatic carbocycles. The standard InChI is InChI=1S/C12H14N4O4/c1-14-6-11(18)15(7-10(14)17)5-8-3-2-4-9(12(8)13)16(19)20/h2-4H,5-7,13H2,1H3. The fourth-order valence-electron chi connectivity index (χ4n) is 2.01. The first kappa shape index (κ1) is 13.8. The van der Waals surface area contributed by atoms with E-state index >= 15 is 0 Å². The van der Waals surface area contributed by atoms with Crippen molar-refractivity contribution >= 4 is 23.2 Å². The van der Waals surface area contributed by atoms with E-state index in [1.54, 1.807) is 13.1 Å². The first-order valence-corrected chi connectivity index (χ1v) is 5.93. The number of rotatable bonds is 3. The molecule has 0 saturated carbocycles. The fraction of sp³-hybridized carbons (Fsp3) is 0.333. The van der Waals surface area contributed by atoms with Crippen molar-refractivity contribution in [2.45, 2.75) is 6.54 Å². The number of benzene rings is 1. The Kier molecular flexibility index (Phi) is 3.55. The molecule has 2 N–H and O–H groups in total. The van der Waals surface area contributed by atoms with Crippen molar-refractivity contribution in [1.29, 1.82) is 0 Å². The number of nitro groups is 1. The molecule has 0 aliphatic carbocycles. The van der Waals surface area contributed by atoms with E-state index in [1.807, 2.05) is 0 Å². The molecule has 0 unspecified atom stereocenters. The number of hydrogen-bond acceptors (Lipinski definition) is 5. The maximum Gasteiger partial charge on any atom is 0.292 e. The average Bonchev–Trinajstić information content (AvgIpc) is 2.37. The van der Waals surface area contributed by atoms with Gasteiger partial charge in [0, 0.05) is 25.2 Å². The van der Waals surface area contributed by atoms with E-state index in [0.717, 1.165) is 0 Å². The lowest BCUT2D eigenvalue weighted by atomic mass is 10.1. The largest absolute Gasteiger partial charge is 0.393 e. The van der Waals surface area contributed by atoms with Crippen LogP contribution >= 0.6 is 0 Å². The molecule has 1 heterocycles. The maximum atomic E-state index is 11.8. The SMILES string of the molecule is CN1CC(=O)N(Cc2cccc([N+](=O)[O-])c2N)CC1=O. The minimum absolute atomic E-state index is 0.00760. The van der Waals surface area contributed by atoms with Gasteiger partial charge in [-0.3, -0.25) is 19.7 Å². The average molecular weight is 278 g/mol. The van der Waals surface area contributed by atoms with E-state index < -0.39 is 4.92 Å². The topological polar surface area (TPSA) is 110 Å². The van der Waals surface area contributed by atoms with Gasteiger partial charge >= 0.3 is 0 Å². The molecule has 8 heteroatoms. The normalized spacial score (nSPS) is 15.7. The highest BCUT2D eigenvalue weighted by Gasteiger charge is 2.28. The third-order valence-electron chi connectivity index (χ3n) is 3.21. The van der Waals surface area contributed by atoms with E-state index in [1.165, 1.54) is 21.9 Å². The van der Waals surface area contributed by atoms with Crippen LogP contribution in [0.3, 0.4) is 0 Å². The van der Waals surface area contributed by atoms with Gasteiger partial charge in [0.15, 0.2) is 0 Å². The van der Waals surface area contributed by atoms with Gasteiger partial charge in [-0.1, -0.05) is 12.1 Å². The highest BCUT2D eigenvalue weighted by atomic mass is 16.6. The van der Waals surface area contributed by atoms with Gasteiger partial charge in [-0.25, -0.2) is 0 Å². The van der Waals surface area contributed by atoms with Crippen LogP contribution < -0.4 is 5.73 Å². The molecule has 1 aromatic rings. The number of nitro benzene ring substituents is 1. The number of hydrogen-bond donors (Lipinski definition) is 1. The number of piperazine rings is 1. The number of nitrogens with zero attached hydrogens (tertiary/aromatic N) is 3. The van der Waals surface area contributed by atoms with Gasteiger partial charge in [0.25, 0.3) is 5.69 Å². The van der Waals surface area contributed by atoms with Gasteiger partial charge in [-0.15, -0.1) is 0 Å². The molecule has 0 radical (unpaired) electrons. The number of anilines is 1. The van der Waals surface area contributed by atoms with Gasteiger partial charge in [0.2, 0.25) is 11.8 Å². The van der Waals surface area contributed by atoms with E-state index in [4.69, 9.17) is 5.73 Å². The second-order valence-electron chi connectivity index (χ2n) is 4.61. The predicted octanol–water partition coefficient (Wildman–Crippen LogP) is -0.0224. The fourth-order valence-corrected chi connectivity index (χ4v) is 2.01. The number of carbonyl (C=O) groups is 2. The van der Waals surface area contributed by atoms with Crippen molar-refractivity contribution in [1.82, 2.24) is 9.80 Å². The van der Waals surface area contributed by atoms with Crippen molar-refractivity contribution in [2.75, 3.05) is 25.9 Å². The Morgan fingerprint density at radius 1 is 1.30 bits per heavy atom. The van der Waals surface area contributed by atoms with Crippen molar-refractivity contribution in [2.24, 2.45) is 0 Å². The van der Waals surface area contributed by atoms with Crippen LogP contribution in [-0.4, -0.2) is 46.7 Å². The zero-order valence-corrected chi connectivity index (χ0v) is 10.9. The van der Waals surface area contributed by atoms with Crippen LogP contribution in [0, 0.1) is 10.1 Å². The molecular weight excluding hydrogens is 264 g/mol. The second-order valence-corrected chi connectivity index (χ2v) is 4.61. The zero-order valence-electron chi connectivity index (χ0n) is 10.9. The molecule has 0 atom stereocenters. The highest BCUT2D eigenvalue weighted by molar-refractivity contribution is 5.92. The van der Waals surface area contributed by atoms with Crippen molar-refractivity contribution in [3.8, 4) is 0 Å². The lowest BCUT2D eigenvalue weighted by Gasteiger charge is -2.31. The number of nitrogen functional groups attached to an aromatic ring is 1. The number of para-hydroxylation sites is 1. The summed E-state index contributed by atoms with van der Waals surface area (Å²) in [5.41, 5.74) is 6.02. The van der Waals surface area contributed by atoms with Crippen LogP contribution in [0.1, 0.15) is 5.56 Å². The van der Waals surface area contributed by atoms with E-state index in [9.17, 15) is 19.7 Å². The summed E-state index contributed by atoms with van der Waals surface area (Å²) in [7, 11) is 1.55. The number of nitrogens with two attached hydrogens (primary N) is 1. The van der Waals surface area contributed by atoms with E-state index in [2.05, 4.69) is 0 Å². The third kappa shape index (κ3) is 2.53. The van der Waals surface area contributed by atoms with Crippen LogP contribution in [0.2, 0.25) is 0 Å². The van der Waals surface area contributed by atoms with Crippen LogP contribution in [0.25, 0.3) is 0 Å². The van der Waals surface area contributed by atoms with Crippen LogP contribution in [0.5, 0.6) is 0 Å².